The Labute approximate surface area is 186 Å². The number of hydrazone groups is 1. The zero-order chi connectivity index (χ0) is 25.4. The number of nitrogens with zero attached hydrogens (tertiary/aromatic N) is 3. The highest BCUT2D eigenvalue weighted by atomic mass is 32.1. The SMILES string of the molecule is Cc1c(C=NNC(=O)OC(C)(C)C)sc2c1c(=O)n(CC(F)(F)F)c(=O)n2CCC(F)(F)F. The number of ether oxygens (including phenoxy) is 1. The third kappa shape index (κ3) is 7.07. The Hall–Kier alpha value is -2.84. The predicted molar refractivity (Wildman–Crippen MR) is 109 cm³/mol. The van der Waals surface area contributed by atoms with Crippen LogP contribution >= 0.6 is 11.3 Å². The van der Waals surface area contributed by atoms with E-state index in [2.05, 4.69) is 10.5 Å². The van der Waals surface area contributed by atoms with E-state index in [1.54, 1.807) is 20.8 Å². The summed E-state index contributed by atoms with van der Waals surface area (Å²) in [7, 11) is 0. The van der Waals surface area contributed by atoms with Gasteiger partial charge >= 0.3 is 24.1 Å². The summed E-state index contributed by atoms with van der Waals surface area (Å²) in [4.78, 5) is 36.7. The minimum absolute atomic E-state index is 0.0893. The predicted octanol–water partition coefficient (Wildman–Crippen LogP) is 3.91. The quantitative estimate of drug-likeness (QED) is 0.381. The molecule has 15 heteroatoms. The van der Waals surface area contributed by atoms with Crippen LogP contribution in [0.5, 0.6) is 0 Å². The number of aromatic nitrogens is 2. The van der Waals surface area contributed by atoms with Crippen LogP contribution in [0.2, 0.25) is 0 Å². The summed E-state index contributed by atoms with van der Waals surface area (Å²) in [6, 6.07) is 0. The maximum atomic E-state index is 12.9. The first-order valence-electron chi connectivity index (χ1n) is 9.32. The molecule has 0 aromatic carbocycles. The lowest BCUT2D eigenvalue weighted by Gasteiger charge is -2.18. The number of amides is 1. The Morgan fingerprint density at radius 1 is 1.09 bits per heavy atom. The normalized spacial score (nSPS) is 13.2. The first kappa shape index (κ1) is 26.4. The molecule has 0 atom stereocenters. The smallest absolute Gasteiger partial charge is 0.428 e. The zero-order valence-corrected chi connectivity index (χ0v) is 18.7. The molecule has 33 heavy (non-hydrogen) atoms. The molecule has 0 aliphatic carbocycles. The van der Waals surface area contributed by atoms with Crippen molar-refractivity contribution in [1.82, 2.24) is 14.6 Å². The van der Waals surface area contributed by atoms with Gasteiger partial charge in [0.25, 0.3) is 5.56 Å². The van der Waals surface area contributed by atoms with E-state index < -0.39 is 54.8 Å². The number of fused-ring (bicyclic) bond motifs is 1. The number of aryl methyl sites for hydroxylation is 2. The van der Waals surface area contributed by atoms with E-state index in [9.17, 15) is 40.7 Å². The zero-order valence-electron chi connectivity index (χ0n) is 17.8. The second kappa shape index (κ2) is 9.19. The molecule has 0 unspecified atom stereocenters. The first-order valence-corrected chi connectivity index (χ1v) is 10.1. The molecule has 0 saturated heterocycles. The third-order valence-corrected chi connectivity index (χ3v) is 5.27. The Morgan fingerprint density at radius 2 is 1.70 bits per heavy atom. The van der Waals surface area contributed by atoms with Crippen LogP contribution in [0.3, 0.4) is 0 Å². The molecule has 0 fully saturated rings. The number of halogens is 6. The second-order valence-electron chi connectivity index (χ2n) is 7.95. The van der Waals surface area contributed by atoms with Crippen molar-refractivity contribution in [2.75, 3.05) is 0 Å². The van der Waals surface area contributed by atoms with Gasteiger partial charge in [-0.15, -0.1) is 11.3 Å². The lowest BCUT2D eigenvalue weighted by Crippen LogP contribution is -2.43. The lowest BCUT2D eigenvalue weighted by atomic mass is 10.2. The van der Waals surface area contributed by atoms with Gasteiger partial charge < -0.3 is 4.74 Å². The van der Waals surface area contributed by atoms with Gasteiger partial charge in [0.2, 0.25) is 0 Å². The van der Waals surface area contributed by atoms with Gasteiger partial charge in [0.15, 0.2) is 0 Å². The summed E-state index contributed by atoms with van der Waals surface area (Å²) in [5.41, 5.74) is -1.47. The number of rotatable bonds is 5. The highest BCUT2D eigenvalue weighted by Gasteiger charge is 2.33. The van der Waals surface area contributed by atoms with Crippen LogP contribution in [0.15, 0.2) is 14.7 Å². The first-order chi connectivity index (χ1) is 14.9. The minimum Gasteiger partial charge on any atom is -0.443 e. The Kier molecular flexibility index (Phi) is 7.36. The van der Waals surface area contributed by atoms with Crippen molar-refractivity contribution in [2.24, 2.45) is 5.10 Å². The number of nitrogens with one attached hydrogen (secondary N) is 1. The average Bonchev–Trinajstić information content (AvgIpc) is 2.92. The highest BCUT2D eigenvalue weighted by molar-refractivity contribution is 7.20. The molecular weight excluding hydrogens is 482 g/mol. The van der Waals surface area contributed by atoms with Crippen LogP contribution in [0.1, 0.15) is 37.6 Å². The fourth-order valence-corrected chi connectivity index (χ4v) is 3.92. The van der Waals surface area contributed by atoms with Gasteiger partial charge in [-0.1, -0.05) is 0 Å². The van der Waals surface area contributed by atoms with Gasteiger partial charge in [-0.2, -0.15) is 31.4 Å². The van der Waals surface area contributed by atoms with E-state index in [-0.39, 0.29) is 25.2 Å². The van der Waals surface area contributed by atoms with E-state index >= 15 is 0 Å². The fraction of sp³-hybridized carbons (Fsp3) is 0.556. The fourth-order valence-electron chi connectivity index (χ4n) is 2.73. The molecule has 0 bridgehead atoms. The number of carbonyl (C=O) groups is 1. The molecule has 2 heterocycles. The molecule has 0 saturated carbocycles. The highest BCUT2D eigenvalue weighted by Crippen LogP contribution is 2.28. The van der Waals surface area contributed by atoms with Crippen molar-refractivity contribution in [1.29, 1.82) is 0 Å². The van der Waals surface area contributed by atoms with E-state index in [1.807, 2.05) is 0 Å². The van der Waals surface area contributed by atoms with Crippen molar-refractivity contribution in [2.45, 2.75) is 65.2 Å². The molecule has 2 aromatic heterocycles. The molecule has 0 aliphatic rings. The molecule has 0 aliphatic heterocycles. The van der Waals surface area contributed by atoms with E-state index in [1.165, 1.54) is 6.92 Å². The number of thiophene rings is 1. The van der Waals surface area contributed by atoms with Gasteiger partial charge in [-0.05, 0) is 33.3 Å². The number of alkyl halides is 6. The van der Waals surface area contributed by atoms with Crippen molar-refractivity contribution in [3.63, 3.8) is 0 Å². The summed E-state index contributed by atoms with van der Waals surface area (Å²) in [6.45, 7) is 3.23. The largest absolute Gasteiger partial charge is 0.443 e. The van der Waals surface area contributed by atoms with Crippen LogP contribution in [-0.4, -0.2) is 39.4 Å². The average molecular weight is 502 g/mol. The van der Waals surface area contributed by atoms with Crippen molar-refractivity contribution >= 4 is 33.9 Å². The van der Waals surface area contributed by atoms with Crippen LogP contribution in [0.4, 0.5) is 31.1 Å². The summed E-state index contributed by atoms with van der Waals surface area (Å²) in [5, 5.41) is 3.29. The van der Waals surface area contributed by atoms with Crippen LogP contribution in [0, 0.1) is 6.92 Å². The summed E-state index contributed by atoms with van der Waals surface area (Å²) in [5.74, 6) is 0. The minimum atomic E-state index is -4.95. The van der Waals surface area contributed by atoms with Crippen LogP contribution in [0.25, 0.3) is 10.2 Å². The topological polar surface area (TPSA) is 94.7 Å². The Balaban J connectivity index is 2.59. The van der Waals surface area contributed by atoms with Crippen LogP contribution < -0.4 is 16.7 Å². The van der Waals surface area contributed by atoms with Crippen molar-refractivity contribution in [3.8, 4) is 0 Å². The Morgan fingerprint density at radius 3 is 2.21 bits per heavy atom. The van der Waals surface area contributed by atoms with Crippen molar-refractivity contribution in [3.05, 3.63) is 31.3 Å². The molecule has 1 amide bonds. The van der Waals surface area contributed by atoms with Crippen molar-refractivity contribution < 1.29 is 35.9 Å². The van der Waals surface area contributed by atoms with Crippen LogP contribution in [-0.2, 0) is 17.8 Å². The lowest BCUT2D eigenvalue weighted by molar-refractivity contribution is -0.143. The molecule has 1 N–H and O–H groups in total. The second-order valence-corrected chi connectivity index (χ2v) is 8.98. The summed E-state index contributed by atoms with van der Waals surface area (Å²) >= 11 is 0.681. The molecule has 0 radical (unpaired) electrons. The standard InChI is InChI=1S/C18H20F6N4O4S/c1-9-10(7-25-26-14(30)32-16(2,3)4)33-13-11(9)12(29)28(8-18(22,23)24)15(31)27(13)6-5-17(19,20)21/h7H,5-6,8H2,1-4H3,(H,26,30). The number of hydrogen-bond acceptors (Lipinski definition) is 6. The third-order valence-electron chi connectivity index (χ3n) is 4.02. The molecule has 2 aromatic rings. The van der Waals surface area contributed by atoms with E-state index in [4.69, 9.17) is 4.74 Å². The maximum absolute atomic E-state index is 12.9. The summed E-state index contributed by atoms with van der Waals surface area (Å²) in [6.07, 6.45) is -11.0. The summed E-state index contributed by atoms with van der Waals surface area (Å²) < 4.78 is 82.3. The molecule has 0 spiro atoms. The number of carbonyl (C=O) groups excluding carboxylic acids is 1. The van der Waals surface area contributed by atoms with Gasteiger partial charge in [0.1, 0.15) is 17.0 Å². The van der Waals surface area contributed by atoms with Gasteiger partial charge in [-0.3, -0.25) is 13.9 Å². The molecular formula is C18H20F6N4O4S. The van der Waals surface area contributed by atoms with Gasteiger partial charge in [0.05, 0.1) is 22.9 Å². The van der Waals surface area contributed by atoms with Gasteiger partial charge in [-0.25, -0.2) is 15.0 Å². The molecule has 2 rings (SSSR count). The molecule has 184 valence electrons. The van der Waals surface area contributed by atoms with Gasteiger partial charge in [0, 0.05) is 6.54 Å². The maximum Gasteiger partial charge on any atom is 0.428 e. The van der Waals surface area contributed by atoms with E-state index in [0.29, 0.717) is 15.9 Å². The van der Waals surface area contributed by atoms with E-state index in [0.717, 1.165) is 6.21 Å². The molecule has 8 nitrogen and oxygen atoms in total. The number of hydrogen-bond donors (Lipinski definition) is 1. The Bertz CT molecular complexity index is 1180. The monoisotopic (exact) mass is 502 g/mol.